The predicted octanol–water partition coefficient (Wildman–Crippen LogP) is 4.26. The fourth-order valence-electron chi connectivity index (χ4n) is 1.97. The summed E-state index contributed by atoms with van der Waals surface area (Å²) in [6, 6.07) is 6.40. The summed E-state index contributed by atoms with van der Waals surface area (Å²) >= 11 is 9.17. The molecule has 19 heavy (non-hydrogen) atoms. The number of pyridine rings is 1. The highest BCUT2D eigenvalue weighted by atomic mass is 79.9. The van der Waals surface area contributed by atoms with E-state index in [1.807, 2.05) is 6.07 Å². The molecule has 0 radical (unpaired) electrons. The predicted molar refractivity (Wildman–Crippen MR) is 75.8 cm³/mol. The van der Waals surface area contributed by atoms with Gasteiger partial charge in [0.05, 0.1) is 0 Å². The first-order chi connectivity index (χ1) is 9.04. The van der Waals surface area contributed by atoms with Crippen LogP contribution in [0, 0.1) is 12.7 Å². The highest BCUT2D eigenvalue weighted by Gasteiger charge is 2.13. The molecule has 3 aromatic rings. The van der Waals surface area contributed by atoms with Crippen LogP contribution in [0.3, 0.4) is 0 Å². The Labute approximate surface area is 122 Å². The standard InChI is InChI=1S/C13H8BrClFN3/c1-7-17-13-11(4-8(14)6-19(13)18-7)10-3-2-9(15)5-12(10)16/h2-6H,1H3. The van der Waals surface area contributed by atoms with E-state index in [1.165, 1.54) is 6.07 Å². The Kier molecular flexibility index (Phi) is 3.03. The van der Waals surface area contributed by atoms with Crippen molar-refractivity contribution >= 4 is 33.2 Å². The molecule has 6 heteroatoms. The maximum Gasteiger partial charge on any atom is 0.163 e. The number of hydrogen-bond acceptors (Lipinski definition) is 2. The van der Waals surface area contributed by atoms with Gasteiger partial charge in [-0.3, -0.25) is 0 Å². The van der Waals surface area contributed by atoms with Gasteiger partial charge in [-0.05, 0) is 47.1 Å². The van der Waals surface area contributed by atoms with E-state index in [9.17, 15) is 4.39 Å². The van der Waals surface area contributed by atoms with Crippen LogP contribution in [0.2, 0.25) is 5.02 Å². The van der Waals surface area contributed by atoms with Crippen LogP contribution < -0.4 is 0 Å². The lowest BCUT2D eigenvalue weighted by Gasteiger charge is -2.06. The van der Waals surface area contributed by atoms with Crippen molar-refractivity contribution < 1.29 is 4.39 Å². The van der Waals surface area contributed by atoms with Gasteiger partial charge in [0.15, 0.2) is 5.65 Å². The lowest BCUT2D eigenvalue weighted by Crippen LogP contribution is -1.93. The number of halogens is 3. The molecule has 0 bridgehead atoms. The Balaban J connectivity index is 2.35. The average Bonchev–Trinajstić information content (AvgIpc) is 2.68. The van der Waals surface area contributed by atoms with E-state index in [2.05, 4.69) is 26.0 Å². The molecule has 0 aliphatic rings. The third-order valence-electron chi connectivity index (χ3n) is 2.73. The van der Waals surface area contributed by atoms with Crippen molar-refractivity contribution in [2.45, 2.75) is 6.92 Å². The van der Waals surface area contributed by atoms with Gasteiger partial charge in [-0.25, -0.2) is 13.9 Å². The first-order valence-corrected chi connectivity index (χ1v) is 6.69. The van der Waals surface area contributed by atoms with Gasteiger partial charge in [0.2, 0.25) is 0 Å². The van der Waals surface area contributed by atoms with Crippen LogP contribution in [-0.2, 0) is 0 Å². The van der Waals surface area contributed by atoms with Gasteiger partial charge in [0, 0.05) is 26.8 Å². The molecule has 0 saturated carbocycles. The molecule has 0 aliphatic heterocycles. The normalized spacial score (nSPS) is 11.2. The minimum Gasteiger partial charge on any atom is -0.219 e. The second-order valence-corrected chi connectivity index (χ2v) is 5.48. The molecule has 1 aromatic carbocycles. The molecule has 0 aliphatic carbocycles. The minimum atomic E-state index is -0.381. The summed E-state index contributed by atoms with van der Waals surface area (Å²) in [5, 5.41) is 4.60. The first kappa shape index (κ1) is 12.6. The molecule has 2 aromatic heterocycles. The summed E-state index contributed by atoms with van der Waals surface area (Å²) in [7, 11) is 0. The fourth-order valence-corrected chi connectivity index (χ4v) is 2.55. The number of hydrogen-bond donors (Lipinski definition) is 0. The second-order valence-electron chi connectivity index (χ2n) is 4.12. The van der Waals surface area contributed by atoms with E-state index < -0.39 is 0 Å². The maximum atomic E-state index is 14.0. The monoisotopic (exact) mass is 339 g/mol. The Morgan fingerprint density at radius 3 is 2.79 bits per heavy atom. The molecule has 3 nitrogen and oxygen atoms in total. The summed E-state index contributed by atoms with van der Waals surface area (Å²) in [6.45, 7) is 1.79. The van der Waals surface area contributed by atoms with Crippen LogP contribution in [0.4, 0.5) is 4.39 Å². The maximum absolute atomic E-state index is 14.0. The van der Waals surface area contributed by atoms with E-state index in [0.717, 1.165) is 4.47 Å². The Bertz CT molecular complexity index is 785. The fraction of sp³-hybridized carbons (Fsp3) is 0.0769. The zero-order valence-electron chi connectivity index (χ0n) is 9.86. The average molecular weight is 341 g/mol. The minimum absolute atomic E-state index is 0.366. The Morgan fingerprint density at radius 1 is 1.26 bits per heavy atom. The summed E-state index contributed by atoms with van der Waals surface area (Å²) in [5.41, 5.74) is 1.73. The van der Waals surface area contributed by atoms with E-state index in [0.29, 0.717) is 27.6 Å². The van der Waals surface area contributed by atoms with E-state index in [1.54, 1.807) is 29.8 Å². The quantitative estimate of drug-likeness (QED) is 0.662. The third-order valence-corrected chi connectivity index (χ3v) is 3.40. The van der Waals surface area contributed by atoms with Gasteiger partial charge in [-0.1, -0.05) is 11.6 Å². The van der Waals surface area contributed by atoms with E-state index in [-0.39, 0.29) is 5.82 Å². The van der Waals surface area contributed by atoms with Gasteiger partial charge < -0.3 is 0 Å². The van der Waals surface area contributed by atoms with Crippen LogP contribution in [0.1, 0.15) is 5.82 Å². The molecule has 2 heterocycles. The molecule has 3 rings (SSSR count). The SMILES string of the molecule is Cc1nc2c(-c3ccc(Cl)cc3F)cc(Br)cn2n1. The Hall–Kier alpha value is -1.46. The largest absolute Gasteiger partial charge is 0.219 e. The topological polar surface area (TPSA) is 30.2 Å². The van der Waals surface area contributed by atoms with E-state index in [4.69, 9.17) is 11.6 Å². The smallest absolute Gasteiger partial charge is 0.163 e. The molecule has 0 amide bonds. The van der Waals surface area contributed by atoms with Gasteiger partial charge in [0.1, 0.15) is 11.6 Å². The molecular formula is C13H8BrClFN3. The van der Waals surface area contributed by atoms with Crippen LogP contribution in [0.25, 0.3) is 16.8 Å². The molecule has 0 unspecified atom stereocenters. The zero-order chi connectivity index (χ0) is 13.6. The van der Waals surface area contributed by atoms with Crippen molar-refractivity contribution in [3.8, 4) is 11.1 Å². The molecular weight excluding hydrogens is 333 g/mol. The van der Waals surface area contributed by atoms with Crippen molar-refractivity contribution in [3.63, 3.8) is 0 Å². The van der Waals surface area contributed by atoms with Crippen LogP contribution >= 0.6 is 27.5 Å². The highest BCUT2D eigenvalue weighted by Crippen LogP contribution is 2.30. The number of nitrogens with zero attached hydrogens (tertiary/aromatic N) is 3. The molecule has 0 N–H and O–H groups in total. The number of aryl methyl sites for hydroxylation is 1. The van der Waals surface area contributed by atoms with E-state index >= 15 is 0 Å². The van der Waals surface area contributed by atoms with Crippen molar-refractivity contribution in [3.05, 3.63) is 51.6 Å². The molecule has 0 saturated heterocycles. The van der Waals surface area contributed by atoms with Gasteiger partial charge in [-0.15, -0.1) is 0 Å². The second kappa shape index (κ2) is 4.58. The van der Waals surface area contributed by atoms with Crippen molar-refractivity contribution in [2.75, 3.05) is 0 Å². The lowest BCUT2D eigenvalue weighted by atomic mass is 10.1. The molecule has 96 valence electrons. The lowest BCUT2D eigenvalue weighted by molar-refractivity contribution is 0.631. The molecule has 0 spiro atoms. The number of aromatic nitrogens is 3. The van der Waals surface area contributed by atoms with Crippen molar-refractivity contribution in [1.82, 2.24) is 14.6 Å². The van der Waals surface area contributed by atoms with Crippen molar-refractivity contribution in [1.29, 1.82) is 0 Å². The first-order valence-electron chi connectivity index (χ1n) is 5.52. The van der Waals surface area contributed by atoms with Crippen molar-refractivity contribution in [2.24, 2.45) is 0 Å². The van der Waals surface area contributed by atoms with Gasteiger partial charge in [-0.2, -0.15) is 5.10 Å². The van der Waals surface area contributed by atoms with Gasteiger partial charge >= 0.3 is 0 Å². The summed E-state index contributed by atoms with van der Waals surface area (Å²) in [5.74, 6) is 0.252. The third kappa shape index (κ3) is 2.24. The number of benzene rings is 1. The van der Waals surface area contributed by atoms with Crippen LogP contribution in [0.15, 0.2) is 34.9 Å². The van der Waals surface area contributed by atoms with Crippen LogP contribution in [0.5, 0.6) is 0 Å². The van der Waals surface area contributed by atoms with Gasteiger partial charge in [0.25, 0.3) is 0 Å². The molecule has 0 atom stereocenters. The number of rotatable bonds is 1. The highest BCUT2D eigenvalue weighted by molar-refractivity contribution is 9.10. The zero-order valence-corrected chi connectivity index (χ0v) is 12.2. The molecule has 0 fully saturated rings. The number of fused-ring (bicyclic) bond motifs is 1. The summed E-state index contributed by atoms with van der Waals surface area (Å²) in [4.78, 5) is 4.33. The summed E-state index contributed by atoms with van der Waals surface area (Å²) in [6.07, 6.45) is 1.78. The van der Waals surface area contributed by atoms with Crippen LogP contribution in [-0.4, -0.2) is 14.6 Å². The summed E-state index contributed by atoms with van der Waals surface area (Å²) < 4.78 is 16.5. The Morgan fingerprint density at radius 2 is 2.05 bits per heavy atom.